The maximum Gasteiger partial charge on any atom is 0.241 e. The van der Waals surface area contributed by atoms with Crippen LogP contribution in [0.3, 0.4) is 0 Å². The number of nitrogens with zero attached hydrogens (tertiary/aromatic N) is 2. The second kappa shape index (κ2) is 8.56. The SMILES string of the molecule is COc1ccc(N2CCN([C@@H](C)C(=O)Nc3ccc(Br)cc3)CC2)cc1. The summed E-state index contributed by atoms with van der Waals surface area (Å²) < 4.78 is 6.21. The molecular weight excluding hydrogens is 394 g/mol. The lowest BCUT2D eigenvalue weighted by atomic mass is 10.2. The average molecular weight is 418 g/mol. The van der Waals surface area contributed by atoms with E-state index in [0.717, 1.165) is 42.1 Å². The number of ether oxygens (including phenoxy) is 1. The maximum atomic E-state index is 12.5. The van der Waals surface area contributed by atoms with Crippen LogP contribution < -0.4 is 15.0 Å². The van der Waals surface area contributed by atoms with Crippen molar-refractivity contribution in [3.63, 3.8) is 0 Å². The van der Waals surface area contributed by atoms with Crippen LogP contribution in [0.1, 0.15) is 6.92 Å². The van der Waals surface area contributed by atoms with Crippen LogP contribution in [0.25, 0.3) is 0 Å². The van der Waals surface area contributed by atoms with Crippen LogP contribution in [0.2, 0.25) is 0 Å². The number of methoxy groups -OCH3 is 1. The molecule has 0 saturated carbocycles. The molecule has 1 atom stereocenters. The number of carbonyl (C=O) groups is 1. The molecule has 138 valence electrons. The van der Waals surface area contributed by atoms with Crippen molar-refractivity contribution in [3.05, 3.63) is 53.0 Å². The van der Waals surface area contributed by atoms with E-state index < -0.39 is 0 Å². The zero-order valence-electron chi connectivity index (χ0n) is 15.1. The predicted octanol–water partition coefficient (Wildman–Crippen LogP) is 3.61. The molecule has 0 radical (unpaired) electrons. The highest BCUT2D eigenvalue weighted by Crippen LogP contribution is 2.21. The lowest BCUT2D eigenvalue weighted by molar-refractivity contribution is -0.120. The van der Waals surface area contributed by atoms with Crippen molar-refractivity contribution in [1.82, 2.24) is 4.90 Å². The molecule has 0 unspecified atom stereocenters. The van der Waals surface area contributed by atoms with Gasteiger partial charge in [0.2, 0.25) is 5.91 Å². The van der Waals surface area contributed by atoms with E-state index in [0.29, 0.717) is 0 Å². The lowest BCUT2D eigenvalue weighted by Crippen LogP contribution is -2.52. The Morgan fingerprint density at radius 3 is 2.23 bits per heavy atom. The van der Waals surface area contributed by atoms with Crippen molar-refractivity contribution in [1.29, 1.82) is 0 Å². The minimum absolute atomic E-state index is 0.0326. The zero-order chi connectivity index (χ0) is 18.5. The van der Waals surface area contributed by atoms with Crippen molar-refractivity contribution >= 4 is 33.2 Å². The average Bonchev–Trinajstić information content (AvgIpc) is 2.69. The number of halogens is 1. The van der Waals surface area contributed by atoms with Gasteiger partial charge in [0.05, 0.1) is 13.2 Å². The molecule has 0 aromatic heterocycles. The topological polar surface area (TPSA) is 44.8 Å². The van der Waals surface area contributed by atoms with Crippen LogP contribution >= 0.6 is 15.9 Å². The summed E-state index contributed by atoms with van der Waals surface area (Å²) in [4.78, 5) is 17.1. The number of hydrogen-bond donors (Lipinski definition) is 1. The molecule has 1 aliphatic rings. The Hall–Kier alpha value is -2.05. The number of hydrogen-bond acceptors (Lipinski definition) is 4. The summed E-state index contributed by atoms with van der Waals surface area (Å²) >= 11 is 3.40. The highest BCUT2D eigenvalue weighted by Gasteiger charge is 2.25. The van der Waals surface area contributed by atoms with E-state index in [9.17, 15) is 4.79 Å². The Labute approximate surface area is 163 Å². The summed E-state index contributed by atoms with van der Waals surface area (Å²) in [5, 5.41) is 2.99. The van der Waals surface area contributed by atoms with Crippen molar-refractivity contribution in [2.75, 3.05) is 43.5 Å². The van der Waals surface area contributed by atoms with Gasteiger partial charge in [-0.15, -0.1) is 0 Å². The largest absolute Gasteiger partial charge is 0.497 e. The number of carbonyl (C=O) groups excluding carboxylic acids is 1. The third-order valence-corrected chi connectivity index (χ3v) is 5.32. The molecule has 0 spiro atoms. The summed E-state index contributed by atoms with van der Waals surface area (Å²) in [6.07, 6.45) is 0. The second-order valence-electron chi connectivity index (χ2n) is 6.39. The molecule has 2 aromatic carbocycles. The number of anilines is 2. The second-order valence-corrected chi connectivity index (χ2v) is 7.31. The van der Waals surface area contributed by atoms with Gasteiger partial charge in [0.15, 0.2) is 0 Å². The molecule has 6 heteroatoms. The van der Waals surface area contributed by atoms with Gasteiger partial charge in [-0.25, -0.2) is 0 Å². The molecule has 5 nitrogen and oxygen atoms in total. The number of piperazine rings is 1. The standard InChI is InChI=1S/C20H24BrN3O2/c1-15(20(25)22-17-5-3-16(21)4-6-17)23-11-13-24(14-12-23)18-7-9-19(26-2)10-8-18/h3-10,15H,11-14H2,1-2H3,(H,22,25)/t15-/m0/s1. The monoisotopic (exact) mass is 417 g/mol. The van der Waals surface area contributed by atoms with E-state index in [4.69, 9.17) is 4.74 Å². The predicted molar refractivity (Wildman–Crippen MR) is 109 cm³/mol. The minimum atomic E-state index is -0.156. The van der Waals surface area contributed by atoms with Gasteiger partial charge in [0, 0.05) is 42.0 Å². The summed E-state index contributed by atoms with van der Waals surface area (Å²) in [5.41, 5.74) is 2.01. The van der Waals surface area contributed by atoms with E-state index in [1.807, 2.05) is 43.3 Å². The molecule has 3 rings (SSSR count). The smallest absolute Gasteiger partial charge is 0.241 e. The fraction of sp³-hybridized carbons (Fsp3) is 0.350. The van der Waals surface area contributed by atoms with Crippen molar-refractivity contribution in [2.24, 2.45) is 0 Å². The van der Waals surface area contributed by atoms with E-state index in [-0.39, 0.29) is 11.9 Å². The van der Waals surface area contributed by atoms with Crippen LogP contribution in [-0.2, 0) is 4.79 Å². The van der Waals surface area contributed by atoms with E-state index in [1.54, 1.807) is 7.11 Å². The van der Waals surface area contributed by atoms with Gasteiger partial charge >= 0.3 is 0 Å². The van der Waals surface area contributed by atoms with Crippen LogP contribution in [0.5, 0.6) is 5.75 Å². The lowest BCUT2D eigenvalue weighted by Gasteiger charge is -2.38. The van der Waals surface area contributed by atoms with E-state index in [2.05, 4.69) is 43.2 Å². The van der Waals surface area contributed by atoms with Crippen LogP contribution in [0.15, 0.2) is 53.0 Å². The molecule has 0 bridgehead atoms. The summed E-state index contributed by atoms with van der Waals surface area (Å²) in [6, 6.07) is 15.6. The van der Waals surface area contributed by atoms with Crippen LogP contribution in [0.4, 0.5) is 11.4 Å². The van der Waals surface area contributed by atoms with Gasteiger partial charge in [-0.1, -0.05) is 15.9 Å². The minimum Gasteiger partial charge on any atom is -0.497 e. The molecule has 1 N–H and O–H groups in total. The normalized spacial score (nSPS) is 16.2. The highest BCUT2D eigenvalue weighted by molar-refractivity contribution is 9.10. The summed E-state index contributed by atoms with van der Waals surface area (Å²) in [6.45, 7) is 5.50. The first-order valence-electron chi connectivity index (χ1n) is 8.76. The molecule has 1 aliphatic heterocycles. The van der Waals surface area contributed by atoms with Crippen molar-refractivity contribution in [3.8, 4) is 5.75 Å². The van der Waals surface area contributed by atoms with Gasteiger partial charge in [-0.3, -0.25) is 9.69 Å². The third-order valence-electron chi connectivity index (χ3n) is 4.79. The molecule has 0 aliphatic carbocycles. The molecule has 1 heterocycles. The number of amides is 1. The quantitative estimate of drug-likeness (QED) is 0.806. The van der Waals surface area contributed by atoms with E-state index >= 15 is 0 Å². The summed E-state index contributed by atoms with van der Waals surface area (Å²) in [7, 11) is 1.68. The Morgan fingerprint density at radius 2 is 1.65 bits per heavy atom. The van der Waals surface area contributed by atoms with Crippen molar-refractivity contribution in [2.45, 2.75) is 13.0 Å². The fourth-order valence-electron chi connectivity index (χ4n) is 3.11. The highest BCUT2D eigenvalue weighted by atomic mass is 79.9. The molecule has 26 heavy (non-hydrogen) atoms. The molecule has 1 amide bonds. The first-order chi connectivity index (χ1) is 12.6. The third kappa shape index (κ3) is 4.56. The maximum absolute atomic E-state index is 12.5. The number of nitrogens with one attached hydrogen (secondary N) is 1. The van der Waals surface area contributed by atoms with Crippen molar-refractivity contribution < 1.29 is 9.53 Å². The van der Waals surface area contributed by atoms with E-state index in [1.165, 1.54) is 5.69 Å². The fourth-order valence-corrected chi connectivity index (χ4v) is 3.37. The van der Waals surface area contributed by atoms with Crippen LogP contribution in [-0.4, -0.2) is 50.1 Å². The first kappa shape index (κ1) is 18.7. The molecule has 2 aromatic rings. The molecule has 1 saturated heterocycles. The Bertz CT molecular complexity index is 726. The Balaban J connectivity index is 1.53. The van der Waals surface area contributed by atoms with Crippen LogP contribution in [0, 0.1) is 0 Å². The van der Waals surface area contributed by atoms with Gasteiger partial charge in [0.1, 0.15) is 5.75 Å². The Kier molecular flexibility index (Phi) is 6.16. The number of rotatable bonds is 5. The molecule has 1 fully saturated rings. The number of benzene rings is 2. The summed E-state index contributed by atoms with van der Waals surface area (Å²) in [5.74, 6) is 0.899. The zero-order valence-corrected chi connectivity index (χ0v) is 16.7. The molecular formula is C20H24BrN3O2. The van der Waals surface area contributed by atoms with Gasteiger partial charge in [-0.2, -0.15) is 0 Å². The van der Waals surface area contributed by atoms with Gasteiger partial charge in [-0.05, 0) is 55.5 Å². The van der Waals surface area contributed by atoms with Gasteiger partial charge < -0.3 is 15.0 Å². The van der Waals surface area contributed by atoms with Gasteiger partial charge in [0.25, 0.3) is 0 Å². The first-order valence-corrected chi connectivity index (χ1v) is 9.55. The Morgan fingerprint density at radius 1 is 1.04 bits per heavy atom.